The molecule has 0 saturated carbocycles. The summed E-state index contributed by atoms with van der Waals surface area (Å²) < 4.78 is 0. The number of nitrogen functional groups attached to an aromatic ring is 2. The molecule has 0 radical (unpaired) electrons. The zero-order chi connectivity index (χ0) is 11.4. The summed E-state index contributed by atoms with van der Waals surface area (Å²) in [5.74, 6) is 0.485. The lowest BCUT2D eigenvalue weighted by atomic mass is 10.4. The van der Waals surface area contributed by atoms with E-state index in [1.165, 1.54) is 6.33 Å². The first-order valence-corrected chi connectivity index (χ1v) is 4.50. The van der Waals surface area contributed by atoms with Gasteiger partial charge in [0.25, 0.3) is 0 Å². The summed E-state index contributed by atoms with van der Waals surface area (Å²) >= 11 is 0. The molecule has 0 bridgehead atoms. The SMILES string of the molecule is Nc1nc(N)nc(NCc2ccncn2)n1. The van der Waals surface area contributed by atoms with Crippen molar-refractivity contribution in [3.63, 3.8) is 0 Å². The number of hydrogen-bond donors (Lipinski definition) is 3. The molecule has 0 amide bonds. The van der Waals surface area contributed by atoms with Gasteiger partial charge >= 0.3 is 0 Å². The van der Waals surface area contributed by atoms with Crippen molar-refractivity contribution in [2.45, 2.75) is 6.54 Å². The molecule has 0 saturated heterocycles. The van der Waals surface area contributed by atoms with Crippen LogP contribution >= 0.6 is 0 Å². The van der Waals surface area contributed by atoms with Crippen LogP contribution in [0.25, 0.3) is 0 Å². The van der Waals surface area contributed by atoms with E-state index in [0.717, 1.165) is 5.69 Å². The summed E-state index contributed by atoms with van der Waals surface area (Å²) in [6.07, 6.45) is 3.12. The van der Waals surface area contributed by atoms with E-state index in [0.29, 0.717) is 12.5 Å². The van der Waals surface area contributed by atoms with E-state index in [-0.39, 0.29) is 11.9 Å². The average molecular weight is 218 g/mol. The van der Waals surface area contributed by atoms with Gasteiger partial charge in [-0.25, -0.2) is 9.97 Å². The second kappa shape index (κ2) is 4.34. The van der Waals surface area contributed by atoms with Crippen molar-refractivity contribution >= 4 is 17.8 Å². The molecule has 0 unspecified atom stereocenters. The van der Waals surface area contributed by atoms with Crippen molar-refractivity contribution in [3.05, 3.63) is 24.3 Å². The maximum Gasteiger partial charge on any atom is 0.229 e. The van der Waals surface area contributed by atoms with Crippen LogP contribution in [0.2, 0.25) is 0 Å². The van der Waals surface area contributed by atoms with Gasteiger partial charge in [0.15, 0.2) is 0 Å². The van der Waals surface area contributed by atoms with Crippen LogP contribution in [0.15, 0.2) is 18.6 Å². The monoisotopic (exact) mass is 218 g/mol. The fraction of sp³-hybridized carbons (Fsp3) is 0.125. The Labute approximate surface area is 91.2 Å². The van der Waals surface area contributed by atoms with Crippen molar-refractivity contribution in [3.8, 4) is 0 Å². The molecule has 2 aromatic heterocycles. The van der Waals surface area contributed by atoms with Gasteiger partial charge in [0, 0.05) is 6.20 Å². The van der Waals surface area contributed by atoms with Gasteiger partial charge in [-0.2, -0.15) is 15.0 Å². The highest BCUT2D eigenvalue weighted by Gasteiger charge is 2.01. The van der Waals surface area contributed by atoms with Crippen molar-refractivity contribution in [1.82, 2.24) is 24.9 Å². The third-order valence-electron chi connectivity index (χ3n) is 1.74. The summed E-state index contributed by atoms with van der Waals surface area (Å²) in [6.45, 7) is 0.464. The van der Waals surface area contributed by atoms with Crippen molar-refractivity contribution in [2.75, 3.05) is 16.8 Å². The topological polar surface area (TPSA) is 129 Å². The highest BCUT2D eigenvalue weighted by Crippen LogP contribution is 2.04. The quantitative estimate of drug-likeness (QED) is 0.625. The fourth-order valence-corrected chi connectivity index (χ4v) is 1.08. The van der Waals surface area contributed by atoms with Gasteiger partial charge in [-0.1, -0.05) is 0 Å². The fourth-order valence-electron chi connectivity index (χ4n) is 1.08. The van der Waals surface area contributed by atoms with Gasteiger partial charge in [0.2, 0.25) is 17.8 Å². The summed E-state index contributed by atoms with van der Waals surface area (Å²) in [5.41, 5.74) is 11.7. The van der Waals surface area contributed by atoms with Crippen LogP contribution in [0.3, 0.4) is 0 Å². The number of nitrogens with one attached hydrogen (secondary N) is 1. The number of nitrogens with two attached hydrogens (primary N) is 2. The first-order chi connectivity index (χ1) is 7.74. The molecule has 0 spiro atoms. The molecule has 16 heavy (non-hydrogen) atoms. The number of anilines is 3. The molecule has 0 aromatic carbocycles. The van der Waals surface area contributed by atoms with Gasteiger partial charge in [-0.15, -0.1) is 0 Å². The first kappa shape index (κ1) is 10.0. The van der Waals surface area contributed by atoms with E-state index in [9.17, 15) is 0 Å². The van der Waals surface area contributed by atoms with Crippen LogP contribution in [-0.2, 0) is 6.54 Å². The van der Waals surface area contributed by atoms with Crippen LogP contribution in [-0.4, -0.2) is 24.9 Å². The average Bonchev–Trinajstić information content (AvgIpc) is 2.27. The van der Waals surface area contributed by atoms with E-state index >= 15 is 0 Å². The van der Waals surface area contributed by atoms with Gasteiger partial charge in [-0.05, 0) is 6.07 Å². The molecule has 0 fully saturated rings. The maximum absolute atomic E-state index is 5.42. The summed E-state index contributed by atoms with van der Waals surface area (Å²) in [4.78, 5) is 19.2. The van der Waals surface area contributed by atoms with E-state index < -0.39 is 0 Å². The minimum atomic E-state index is 0.0812. The molecule has 0 aliphatic heterocycles. The molecule has 2 aromatic rings. The molecule has 8 heteroatoms. The van der Waals surface area contributed by atoms with Crippen molar-refractivity contribution in [1.29, 1.82) is 0 Å². The molecule has 5 N–H and O–H groups in total. The van der Waals surface area contributed by atoms with Crippen molar-refractivity contribution < 1.29 is 0 Å². The van der Waals surface area contributed by atoms with Gasteiger partial charge in [-0.3, -0.25) is 0 Å². The Morgan fingerprint density at radius 3 is 2.50 bits per heavy atom. The Morgan fingerprint density at radius 2 is 1.88 bits per heavy atom. The van der Waals surface area contributed by atoms with Crippen LogP contribution in [0.4, 0.5) is 17.8 Å². The minimum absolute atomic E-state index is 0.0812. The summed E-state index contributed by atoms with van der Waals surface area (Å²) in [6, 6.07) is 1.78. The molecule has 0 aliphatic rings. The van der Waals surface area contributed by atoms with Crippen LogP contribution < -0.4 is 16.8 Å². The van der Waals surface area contributed by atoms with E-state index in [4.69, 9.17) is 11.5 Å². The molecule has 2 heterocycles. The lowest BCUT2D eigenvalue weighted by Gasteiger charge is -2.04. The maximum atomic E-state index is 5.42. The van der Waals surface area contributed by atoms with Crippen molar-refractivity contribution in [2.24, 2.45) is 0 Å². The molecule has 2 rings (SSSR count). The van der Waals surface area contributed by atoms with Gasteiger partial charge < -0.3 is 16.8 Å². The zero-order valence-corrected chi connectivity index (χ0v) is 8.33. The summed E-state index contributed by atoms with van der Waals surface area (Å²) in [5, 5.41) is 2.93. The normalized spacial score (nSPS) is 10.0. The van der Waals surface area contributed by atoms with Crippen LogP contribution in [0.1, 0.15) is 5.69 Å². The predicted molar refractivity (Wildman–Crippen MR) is 58.0 cm³/mol. The van der Waals surface area contributed by atoms with E-state index in [1.807, 2.05) is 0 Å². The molecular weight excluding hydrogens is 208 g/mol. The molecule has 82 valence electrons. The smallest absolute Gasteiger partial charge is 0.229 e. The number of aromatic nitrogens is 5. The lowest BCUT2D eigenvalue weighted by Crippen LogP contribution is -2.09. The molecule has 0 aliphatic carbocycles. The Kier molecular flexibility index (Phi) is 2.72. The van der Waals surface area contributed by atoms with E-state index in [1.54, 1.807) is 12.3 Å². The van der Waals surface area contributed by atoms with Gasteiger partial charge in [0.05, 0.1) is 12.2 Å². The highest BCUT2D eigenvalue weighted by molar-refractivity contribution is 5.37. The Bertz CT molecular complexity index is 450. The molecule has 0 atom stereocenters. The first-order valence-electron chi connectivity index (χ1n) is 4.50. The molecule has 8 nitrogen and oxygen atoms in total. The minimum Gasteiger partial charge on any atom is -0.368 e. The number of hydrogen-bond acceptors (Lipinski definition) is 8. The highest BCUT2D eigenvalue weighted by atomic mass is 15.2. The summed E-state index contributed by atoms with van der Waals surface area (Å²) in [7, 11) is 0. The largest absolute Gasteiger partial charge is 0.368 e. The number of rotatable bonds is 3. The Morgan fingerprint density at radius 1 is 1.12 bits per heavy atom. The number of nitrogens with zero attached hydrogens (tertiary/aromatic N) is 5. The third-order valence-corrected chi connectivity index (χ3v) is 1.74. The zero-order valence-electron chi connectivity index (χ0n) is 8.33. The van der Waals surface area contributed by atoms with E-state index in [2.05, 4.69) is 30.2 Å². The lowest BCUT2D eigenvalue weighted by molar-refractivity contribution is 0.968. The second-order valence-corrected chi connectivity index (χ2v) is 2.93. The Balaban J connectivity index is 2.05. The van der Waals surface area contributed by atoms with Crippen LogP contribution in [0.5, 0.6) is 0 Å². The third kappa shape index (κ3) is 2.50. The van der Waals surface area contributed by atoms with Crippen LogP contribution in [0, 0.1) is 0 Å². The molecular formula is C8H10N8. The second-order valence-electron chi connectivity index (χ2n) is 2.93. The predicted octanol–water partition coefficient (Wildman–Crippen LogP) is -0.562. The van der Waals surface area contributed by atoms with Gasteiger partial charge in [0.1, 0.15) is 6.33 Å². The Hall–Kier alpha value is -2.51. The standard InChI is InChI=1S/C8H10N8/c9-6-14-7(10)16-8(15-6)12-3-5-1-2-11-4-13-5/h1-2,4H,3H2,(H5,9,10,12,14,15,16).